The molecule has 0 N–H and O–H groups in total. The highest BCUT2D eigenvalue weighted by Crippen LogP contribution is 2.49. The van der Waals surface area contributed by atoms with Crippen LogP contribution in [0.15, 0.2) is 24.3 Å². The predicted octanol–water partition coefficient (Wildman–Crippen LogP) is 3.39. The number of hydrogen-bond donors (Lipinski definition) is 0. The SMILES string of the molecule is COc1cc2c(cc1OC)[C@H]1Cc3ccc(OC)c(OC)c3C[N@+]1([O-])CC2. The number of fused-ring (bicyclic) bond motifs is 4. The van der Waals surface area contributed by atoms with Crippen LogP contribution < -0.4 is 18.9 Å². The van der Waals surface area contributed by atoms with Crippen LogP contribution in [-0.2, 0) is 19.4 Å². The van der Waals surface area contributed by atoms with Gasteiger partial charge in [-0.3, -0.25) is 0 Å². The fourth-order valence-electron chi connectivity index (χ4n) is 4.52. The second kappa shape index (κ2) is 6.62. The molecule has 0 amide bonds. The molecular weight excluding hydrogens is 346 g/mol. The second-order valence-corrected chi connectivity index (χ2v) is 7.15. The highest BCUT2D eigenvalue weighted by molar-refractivity contribution is 5.53. The van der Waals surface area contributed by atoms with Gasteiger partial charge in [-0.15, -0.1) is 0 Å². The Bertz CT molecular complexity index is 881. The van der Waals surface area contributed by atoms with Gasteiger partial charge >= 0.3 is 0 Å². The van der Waals surface area contributed by atoms with Gasteiger partial charge < -0.3 is 28.8 Å². The topological polar surface area (TPSA) is 60.0 Å². The van der Waals surface area contributed by atoms with Gasteiger partial charge in [-0.25, -0.2) is 0 Å². The Morgan fingerprint density at radius 1 is 0.889 bits per heavy atom. The Kier molecular flexibility index (Phi) is 4.40. The van der Waals surface area contributed by atoms with Gasteiger partial charge in [-0.1, -0.05) is 6.07 Å². The molecule has 0 radical (unpaired) electrons. The molecule has 0 aliphatic carbocycles. The molecular formula is C21H25NO5. The standard InChI is InChI=1S/C21H25NO5/c1-24-18-6-5-13-9-17-15-11-20(26-3)19(25-2)10-14(15)7-8-22(17,23)12-16(13)21(18)27-4/h5-6,10-11,17H,7-9,12H2,1-4H3/t17-,22-/m1/s1. The molecule has 0 saturated heterocycles. The molecule has 2 aromatic rings. The van der Waals surface area contributed by atoms with Gasteiger partial charge in [-0.05, 0) is 29.3 Å². The molecule has 0 aromatic heterocycles. The Morgan fingerprint density at radius 3 is 2.26 bits per heavy atom. The van der Waals surface area contributed by atoms with Crippen LogP contribution in [0.4, 0.5) is 0 Å². The van der Waals surface area contributed by atoms with Gasteiger partial charge in [0.15, 0.2) is 23.0 Å². The van der Waals surface area contributed by atoms with Gasteiger partial charge in [-0.2, -0.15) is 0 Å². The van der Waals surface area contributed by atoms with Crippen molar-refractivity contribution in [2.45, 2.75) is 25.4 Å². The lowest BCUT2D eigenvalue weighted by atomic mass is 9.83. The Hall–Kier alpha value is -2.44. The number of hydrogen-bond acceptors (Lipinski definition) is 5. The molecule has 0 unspecified atom stereocenters. The molecule has 27 heavy (non-hydrogen) atoms. The lowest BCUT2D eigenvalue weighted by Crippen LogP contribution is -2.52. The van der Waals surface area contributed by atoms with Crippen molar-refractivity contribution < 1.29 is 23.6 Å². The number of hydroxylamine groups is 3. The quantitative estimate of drug-likeness (QED) is 0.609. The highest BCUT2D eigenvalue weighted by atomic mass is 16.6. The summed E-state index contributed by atoms with van der Waals surface area (Å²) in [4.78, 5) is 0. The van der Waals surface area contributed by atoms with Crippen LogP contribution >= 0.6 is 0 Å². The van der Waals surface area contributed by atoms with E-state index in [-0.39, 0.29) is 10.7 Å². The molecule has 2 aromatic carbocycles. The van der Waals surface area contributed by atoms with Crippen molar-refractivity contribution >= 4 is 0 Å². The van der Waals surface area contributed by atoms with E-state index in [0.29, 0.717) is 42.5 Å². The lowest BCUT2D eigenvalue weighted by Gasteiger charge is -2.54. The van der Waals surface area contributed by atoms with Crippen LogP contribution in [0.5, 0.6) is 23.0 Å². The summed E-state index contributed by atoms with van der Waals surface area (Å²) in [5.41, 5.74) is 4.34. The van der Waals surface area contributed by atoms with Crippen LogP contribution in [0, 0.1) is 5.21 Å². The molecule has 6 nitrogen and oxygen atoms in total. The average molecular weight is 371 g/mol. The summed E-state index contributed by atoms with van der Waals surface area (Å²) < 4.78 is 21.6. The molecule has 6 heteroatoms. The van der Waals surface area contributed by atoms with Crippen LogP contribution in [-0.4, -0.2) is 39.6 Å². The minimum atomic E-state index is -0.279. The van der Waals surface area contributed by atoms with Crippen molar-refractivity contribution in [3.63, 3.8) is 0 Å². The van der Waals surface area contributed by atoms with Crippen LogP contribution in [0.3, 0.4) is 0 Å². The van der Waals surface area contributed by atoms with Crippen molar-refractivity contribution in [3.05, 3.63) is 51.7 Å². The van der Waals surface area contributed by atoms with Crippen molar-refractivity contribution in [2.75, 3.05) is 35.0 Å². The summed E-state index contributed by atoms with van der Waals surface area (Å²) in [6.07, 6.45) is 1.39. The van der Waals surface area contributed by atoms with E-state index in [4.69, 9.17) is 18.9 Å². The van der Waals surface area contributed by atoms with Crippen molar-refractivity contribution in [1.82, 2.24) is 0 Å². The Labute approximate surface area is 159 Å². The molecule has 2 aliphatic rings. The first-order valence-electron chi connectivity index (χ1n) is 9.10. The molecule has 144 valence electrons. The van der Waals surface area contributed by atoms with Crippen LogP contribution in [0.1, 0.15) is 28.3 Å². The average Bonchev–Trinajstić information content (AvgIpc) is 2.70. The van der Waals surface area contributed by atoms with Gasteiger partial charge in [0, 0.05) is 18.4 Å². The summed E-state index contributed by atoms with van der Waals surface area (Å²) in [5.74, 6) is 2.73. The number of quaternary nitrogens is 1. The largest absolute Gasteiger partial charge is 0.632 e. The summed E-state index contributed by atoms with van der Waals surface area (Å²) in [7, 11) is 6.51. The highest BCUT2D eigenvalue weighted by Gasteiger charge is 2.42. The predicted molar refractivity (Wildman–Crippen MR) is 101 cm³/mol. The number of benzene rings is 2. The minimum absolute atomic E-state index is 0.154. The zero-order valence-electron chi connectivity index (χ0n) is 16.2. The molecule has 4 rings (SSSR count). The first kappa shape index (κ1) is 17.9. The maximum absolute atomic E-state index is 13.8. The first-order valence-corrected chi connectivity index (χ1v) is 9.10. The summed E-state index contributed by atoms with van der Waals surface area (Å²) in [6.45, 7) is 0.918. The maximum atomic E-state index is 13.8. The minimum Gasteiger partial charge on any atom is -0.632 e. The van der Waals surface area contributed by atoms with Crippen LogP contribution in [0.25, 0.3) is 0 Å². The molecule has 2 aliphatic heterocycles. The van der Waals surface area contributed by atoms with Gasteiger partial charge in [0.1, 0.15) is 12.6 Å². The van der Waals surface area contributed by atoms with E-state index in [1.54, 1.807) is 28.4 Å². The van der Waals surface area contributed by atoms with Crippen LogP contribution in [0.2, 0.25) is 0 Å². The summed E-state index contributed by atoms with van der Waals surface area (Å²) >= 11 is 0. The molecule has 2 heterocycles. The Morgan fingerprint density at radius 2 is 1.59 bits per heavy atom. The van der Waals surface area contributed by atoms with E-state index in [0.717, 1.165) is 23.1 Å². The fraction of sp³-hybridized carbons (Fsp3) is 0.429. The summed E-state index contributed by atoms with van der Waals surface area (Å²) in [5, 5.41) is 13.8. The molecule has 2 atom stereocenters. The number of ether oxygens (including phenoxy) is 4. The Balaban J connectivity index is 1.82. The number of methoxy groups -OCH3 is 4. The fourth-order valence-corrected chi connectivity index (χ4v) is 4.52. The molecule has 0 bridgehead atoms. The van der Waals surface area contributed by atoms with Gasteiger partial charge in [0.25, 0.3) is 0 Å². The normalized spacial score (nSPS) is 22.9. The van der Waals surface area contributed by atoms with Crippen molar-refractivity contribution in [3.8, 4) is 23.0 Å². The van der Waals surface area contributed by atoms with E-state index in [9.17, 15) is 5.21 Å². The first-order chi connectivity index (χ1) is 13.0. The monoisotopic (exact) mass is 371 g/mol. The molecule has 0 fully saturated rings. The summed E-state index contributed by atoms with van der Waals surface area (Å²) in [6, 6.07) is 7.81. The van der Waals surface area contributed by atoms with E-state index >= 15 is 0 Å². The van der Waals surface area contributed by atoms with Gasteiger partial charge in [0.2, 0.25) is 0 Å². The maximum Gasteiger partial charge on any atom is 0.169 e. The zero-order chi connectivity index (χ0) is 19.2. The third-order valence-electron chi connectivity index (χ3n) is 5.92. The van der Waals surface area contributed by atoms with E-state index < -0.39 is 0 Å². The molecule has 0 saturated carbocycles. The van der Waals surface area contributed by atoms with Crippen molar-refractivity contribution in [2.24, 2.45) is 0 Å². The van der Waals surface area contributed by atoms with Crippen molar-refractivity contribution in [1.29, 1.82) is 0 Å². The molecule has 0 spiro atoms. The number of nitrogens with zero attached hydrogens (tertiary/aromatic N) is 1. The second-order valence-electron chi connectivity index (χ2n) is 7.15. The zero-order valence-corrected chi connectivity index (χ0v) is 16.2. The number of rotatable bonds is 4. The smallest absolute Gasteiger partial charge is 0.169 e. The third kappa shape index (κ3) is 2.71. The van der Waals surface area contributed by atoms with E-state index in [1.165, 1.54) is 5.56 Å². The lowest BCUT2D eigenvalue weighted by molar-refractivity contribution is -0.928. The third-order valence-corrected chi connectivity index (χ3v) is 5.92. The van der Waals surface area contributed by atoms with Gasteiger partial charge in [0.05, 0.1) is 40.5 Å². The van der Waals surface area contributed by atoms with E-state index in [1.807, 2.05) is 18.2 Å². The van der Waals surface area contributed by atoms with E-state index in [2.05, 4.69) is 6.07 Å².